The van der Waals surface area contributed by atoms with Crippen LogP contribution in [0.2, 0.25) is 0 Å². The lowest BCUT2D eigenvalue weighted by atomic mass is 9.98. The first-order valence-electron chi connectivity index (χ1n) is 12.5. The van der Waals surface area contributed by atoms with Gasteiger partial charge in [-0.3, -0.25) is 9.32 Å². The second-order valence-corrected chi connectivity index (χ2v) is 10.5. The molecule has 3 aromatic carbocycles. The number of rotatable bonds is 6. The van der Waals surface area contributed by atoms with Crippen LogP contribution in [0, 0.1) is 13.8 Å². The van der Waals surface area contributed by atoms with Crippen LogP contribution >= 0.6 is 11.3 Å². The van der Waals surface area contributed by atoms with Crippen LogP contribution in [-0.4, -0.2) is 28.3 Å². The van der Waals surface area contributed by atoms with Crippen molar-refractivity contribution >= 4 is 33.0 Å². The van der Waals surface area contributed by atoms with E-state index in [2.05, 4.69) is 5.27 Å². The van der Waals surface area contributed by atoms with Gasteiger partial charge in [-0.2, -0.15) is 0 Å². The van der Waals surface area contributed by atoms with Crippen LogP contribution in [0.25, 0.3) is 38.3 Å². The molecule has 0 fully saturated rings. The maximum Gasteiger partial charge on any atom is 0.393 e. The molecule has 0 spiro atoms. The number of nitrogens with two attached hydrogens (primary N) is 1. The van der Waals surface area contributed by atoms with E-state index < -0.39 is 11.7 Å². The highest BCUT2D eigenvalue weighted by molar-refractivity contribution is 7.21. The van der Waals surface area contributed by atoms with Gasteiger partial charge in [-0.05, 0) is 55.3 Å². The van der Waals surface area contributed by atoms with Crippen LogP contribution in [0.5, 0.6) is 11.7 Å². The maximum absolute atomic E-state index is 13.9. The van der Waals surface area contributed by atoms with Gasteiger partial charge in [-0.15, -0.1) is 11.3 Å². The molecule has 0 radical (unpaired) electrons. The number of anilines is 1. The Morgan fingerprint density at radius 3 is 2.23 bits per heavy atom. The molecule has 3 aromatic heterocycles. The summed E-state index contributed by atoms with van der Waals surface area (Å²) in [6, 6.07) is 25.1. The Labute approximate surface area is 233 Å². The number of nitrogens with zero attached hydrogens (tertiary/aromatic N) is 3. The van der Waals surface area contributed by atoms with Crippen molar-refractivity contribution < 1.29 is 23.8 Å². The Morgan fingerprint density at radius 1 is 0.950 bits per heavy atom. The zero-order valence-corrected chi connectivity index (χ0v) is 22.8. The maximum atomic E-state index is 13.9. The largest absolute Gasteiger partial charge is 0.497 e. The molecule has 8 nitrogen and oxygen atoms in total. The molecule has 0 saturated heterocycles. The number of benzene rings is 3. The Hall–Kier alpha value is -5.02. The summed E-state index contributed by atoms with van der Waals surface area (Å²) in [6.45, 7) is 3.98. The number of fused-ring (bicyclic) bond motifs is 1. The number of ketones is 1. The summed E-state index contributed by atoms with van der Waals surface area (Å²) in [5.74, 6) is -0.360. The molecule has 6 aromatic rings. The zero-order valence-electron chi connectivity index (χ0n) is 22.0. The van der Waals surface area contributed by atoms with Gasteiger partial charge in [-0.25, -0.2) is 4.98 Å². The number of aryl methyl sites for hydroxylation is 2. The van der Waals surface area contributed by atoms with Gasteiger partial charge < -0.3 is 15.6 Å². The third-order valence-electron chi connectivity index (χ3n) is 6.77. The van der Waals surface area contributed by atoms with Gasteiger partial charge in [0, 0.05) is 27.8 Å². The van der Waals surface area contributed by atoms with Crippen LogP contribution in [-0.2, 0) is 0 Å². The van der Waals surface area contributed by atoms with Gasteiger partial charge in [0.2, 0.25) is 11.0 Å². The molecule has 0 aliphatic heterocycles. The summed E-state index contributed by atoms with van der Waals surface area (Å²) in [5.41, 5.74) is 13.0. The summed E-state index contributed by atoms with van der Waals surface area (Å²) in [5, 5.41) is 15.1. The molecule has 0 atom stereocenters. The van der Waals surface area contributed by atoms with Crippen molar-refractivity contribution in [3.05, 3.63) is 101 Å². The molecule has 3 N–H and O–H groups in total. The SMILES string of the molecule is COc1ccc(-c2cc(-c3ccc(C)cc3)c3c(N)c(C(=O)c4c(O)on[n+]4-c4ccc(C)cc4)sc3n2)cc1. The van der Waals surface area contributed by atoms with E-state index in [9.17, 15) is 9.90 Å². The van der Waals surface area contributed by atoms with E-state index in [0.29, 0.717) is 15.9 Å². The number of methoxy groups -OCH3 is 1. The molecule has 0 amide bonds. The Balaban J connectivity index is 1.54. The van der Waals surface area contributed by atoms with Crippen molar-refractivity contribution in [1.29, 1.82) is 0 Å². The number of hydrogen-bond donors (Lipinski definition) is 2. The topological polar surface area (TPSA) is 115 Å². The smallest absolute Gasteiger partial charge is 0.393 e. The fraction of sp³-hybridized carbons (Fsp3) is 0.0968. The fourth-order valence-corrected chi connectivity index (χ4v) is 5.64. The number of pyridine rings is 1. The molecular formula is C31H25N4O4S+. The van der Waals surface area contributed by atoms with Crippen molar-refractivity contribution in [2.24, 2.45) is 0 Å². The third kappa shape index (κ3) is 4.36. The lowest BCUT2D eigenvalue weighted by Gasteiger charge is -2.10. The van der Waals surface area contributed by atoms with E-state index in [-0.39, 0.29) is 16.3 Å². The molecule has 0 aliphatic rings. The van der Waals surface area contributed by atoms with Gasteiger partial charge in [0.15, 0.2) is 0 Å². The summed E-state index contributed by atoms with van der Waals surface area (Å²) < 4.78 is 11.6. The molecule has 0 unspecified atom stereocenters. The number of hydrogen-bond acceptors (Lipinski definition) is 8. The number of carbonyl (C=O) groups is 1. The lowest BCUT2D eigenvalue weighted by Crippen LogP contribution is -2.38. The number of thiophene rings is 1. The van der Waals surface area contributed by atoms with Crippen LogP contribution in [0.3, 0.4) is 0 Å². The fourth-order valence-electron chi connectivity index (χ4n) is 4.58. The molecule has 40 heavy (non-hydrogen) atoms. The number of aromatic nitrogens is 3. The number of aromatic hydroxyl groups is 1. The second kappa shape index (κ2) is 9.94. The van der Waals surface area contributed by atoms with E-state index >= 15 is 0 Å². The Bertz CT molecular complexity index is 1870. The van der Waals surface area contributed by atoms with Crippen LogP contribution in [0.4, 0.5) is 5.69 Å². The Kier molecular flexibility index (Phi) is 6.28. The first kappa shape index (κ1) is 25.3. The minimum absolute atomic E-state index is 0.116. The average molecular weight is 550 g/mol. The van der Waals surface area contributed by atoms with Gasteiger partial charge in [0.05, 0.1) is 18.5 Å². The van der Waals surface area contributed by atoms with E-state index in [4.69, 9.17) is 20.0 Å². The molecule has 0 aliphatic carbocycles. The van der Waals surface area contributed by atoms with E-state index in [1.54, 1.807) is 19.2 Å². The second-order valence-electron chi connectivity index (χ2n) is 9.48. The van der Waals surface area contributed by atoms with Gasteiger partial charge >= 0.3 is 11.6 Å². The first-order chi connectivity index (χ1) is 19.3. The summed E-state index contributed by atoms with van der Waals surface area (Å²) >= 11 is 1.17. The lowest BCUT2D eigenvalue weighted by molar-refractivity contribution is -0.672. The molecule has 6 rings (SSSR count). The number of ether oxygens (including phenoxy) is 1. The highest BCUT2D eigenvalue weighted by atomic mass is 32.1. The van der Waals surface area contributed by atoms with Crippen molar-refractivity contribution in [2.75, 3.05) is 12.8 Å². The molecule has 198 valence electrons. The first-order valence-corrected chi connectivity index (χ1v) is 13.3. The molecule has 0 bridgehead atoms. The Morgan fingerprint density at radius 2 is 1.57 bits per heavy atom. The quantitative estimate of drug-likeness (QED) is 0.192. The number of nitrogen functional groups attached to an aromatic ring is 1. The summed E-state index contributed by atoms with van der Waals surface area (Å²) in [4.78, 5) is 19.6. The molecule has 3 heterocycles. The minimum Gasteiger partial charge on any atom is -0.497 e. The molecule has 9 heteroatoms. The summed E-state index contributed by atoms with van der Waals surface area (Å²) in [6.07, 6.45) is 0. The highest BCUT2D eigenvalue weighted by Crippen LogP contribution is 2.42. The van der Waals surface area contributed by atoms with Crippen LogP contribution in [0.1, 0.15) is 26.5 Å². The molecule has 0 saturated carbocycles. The normalized spacial score (nSPS) is 11.2. The van der Waals surface area contributed by atoms with Gasteiger partial charge in [0.25, 0.3) is 5.78 Å². The van der Waals surface area contributed by atoms with Crippen LogP contribution in [0.15, 0.2) is 83.4 Å². The number of carbonyl (C=O) groups excluding carboxylic acids is 1. The van der Waals surface area contributed by atoms with Crippen LogP contribution < -0.4 is 15.2 Å². The van der Waals surface area contributed by atoms with E-state index in [0.717, 1.165) is 39.3 Å². The van der Waals surface area contributed by atoms with Gasteiger partial charge in [0.1, 0.15) is 15.5 Å². The van der Waals surface area contributed by atoms with Crippen molar-refractivity contribution in [1.82, 2.24) is 10.3 Å². The van der Waals surface area contributed by atoms with Gasteiger partial charge in [-0.1, -0.05) is 47.5 Å². The predicted octanol–water partition coefficient (Wildman–Crippen LogP) is 6.04. The standard InChI is InChI=1S/C31H24N4O4S/c1-17-4-8-19(9-5-17)23-16-24(20-10-14-22(38-3)15-11-20)33-30-25(23)26(32)29(40-30)28(36)27-31(37)39-34-35(27)21-12-6-18(2)7-13-21/h4-16H,1-3H3,(H2-,32,34,36,37)/p+1. The van der Waals surface area contributed by atoms with Crippen molar-refractivity contribution in [2.45, 2.75) is 13.8 Å². The highest BCUT2D eigenvalue weighted by Gasteiger charge is 2.37. The minimum atomic E-state index is -0.590. The van der Waals surface area contributed by atoms with Crippen molar-refractivity contribution in [3.63, 3.8) is 0 Å². The predicted molar refractivity (Wildman–Crippen MR) is 154 cm³/mol. The van der Waals surface area contributed by atoms with Crippen molar-refractivity contribution in [3.8, 4) is 39.8 Å². The summed E-state index contributed by atoms with van der Waals surface area (Å²) in [7, 11) is 1.62. The van der Waals surface area contributed by atoms with E-state index in [1.807, 2.05) is 80.6 Å². The zero-order chi connectivity index (χ0) is 28.0. The molecular weight excluding hydrogens is 524 g/mol. The average Bonchev–Trinajstić information content (AvgIpc) is 3.52. The monoisotopic (exact) mass is 549 g/mol. The third-order valence-corrected chi connectivity index (χ3v) is 7.87. The van der Waals surface area contributed by atoms with E-state index in [1.165, 1.54) is 16.0 Å².